The van der Waals surface area contributed by atoms with Gasteiger partial charge in [0, 0.05) is 15.7 Å². The van der Waals surface area contributed by atoms with E-state index in [1.54, 1.807) is 48.5 Å². The van der Waals surface area contributed by atoms with Crippen molar-refractivity contribution in [3.05, 3.63) is 71.4 Å². The molecule has 0 unspecified atom stereocenters. The Labute approximate surface area is 163 Å². The highest BCUT2D eigenvalue weighted by molar-refractivity contribution is 9.10. The summed E-state index contributed by atoms with van der Waals surface area (Å²) in [4.78, 5) is 0.161. The quantitative estimate of drug-likeness (QED) is 0.483. The molecular weight excluding hydrogens is 434 g/mol. The molecule has 2 aromatic carbocycles. The fraction of sp³-hybridized carbons (Fsp3) is 0. The van der Waals surface area contributed by atoms with Crippen molar-refractivity contribution in [2.75, 3.05) is 4.72 Å². The molecule has 0 atom stereocenters. The topological polar surface area (TPSA) is 98.2 Å². The highest BCUT2D eigenvalue weighted by Gasteiger charge is 2.16. The summed E-state index contributed by atoms with van der Waals surface area (Å²) in [5, 5.41) is 7.93. The number of furan rings is 1. The number of hydrogen-bond donors (Lipinski definition) is 1. The standard InChI is InChI=1S/C18H12BrN3O4S/c19-13-6-8-15(9-7-13)27(23,24)22-14-4-1-3-12(11-14)17-20-21-18(26-17)16-5-2-10-25-16/h1-11,22H. The molecule has 136 valence electrons. The average molecular weight is 446 g/mol. The third-order valence-electron chi connectivity index (χ3n) is 3.64. The van der Waals surface area contributed by atoms with Gasteiger partial charge in [-0.3, -0.25) is 4.72 Å². The highest BCUT2D eigenvalue weighted by atomic mass is 79.9. The first kappa shape index (κ1) is 17.5. The van der Waals surface area contributed by atoms with Crippen molar-refractivity contribution in [3.63, 3.8) is 0 Å². The normalized spacial score (nSPS) is 11.4. The monoisotopic (exact) mass is 445 g/mol. The van der Waals surface area contributed by atoms with Crippen LogP contribution in [0.5, 0.6) is 0 Å². The molecule has 27 heavy (non-hydrogen) atoms. The number of benzene rings is 2. The SMILES string of the molecule is O=S(=O)(Nc1cccc(-c2nnc(-c3ccco3)o2)c1)c1ccc(Br)cc1. The van der Waals surface area contributed by atoms with Crippen LogP contribution in [0.4, 0.5) is 5.69 Å². The van der Waals surface area contributed by atoms with E-state index in [9.17, 15) is 8.42 Å². The maximum Gasteiger partial charge on any atom is 0.283 e. The Hall–Kier alpha value is -2.91. The molecule has 4 aromatic rings. The minimum absolute atomic E-state index is 0.161. The molecule has 0 bridgehead atoms. The van der Waals surface area contributed by atoms with E-state index in [1.165, 1.54) is 18.4 Å². The molecule has 0 amide bonds. The zero-order valence-electron chi connectivity index (χ0n) is 13.7. The Bertz CT molecular complexity index is 1170. The van der Waals surface area contributed by atoms with Gasteiger partial charge >= 0.3 is 0 Å². The van der Waals surface area contributed by atoms with Crippen LogP contribution >= 0.6 is 15.9 Å². The molecule has 2 aromatic heterocycles. The molecule has 4 rings (SSSR count). The smallest absolute Gasteiger partial charge is 0.283 e. The van der Waals surface area contributed by atoms with Crippen LogP contribution in [0, 0.1) is 0 Å². The number of anilines is 1. The molecule has 0 aliphatic carbocycles. The lowest BCUT2D eigenvalue weighted by atomic mass is 10.2. The number of halogens is 1. The summed E-state index contributed by atoms with van der Waals surface area (Å²) in [6, 6.07) is 16.5. The van der Waals surface area contributed by atoms with Gasteiger partial charge < -0.3 is 8.83 Å². The first-order valence-corrected chi connectivity index (χ1v) is 10.1. The number of sulfonamides is 1. The van der Waals surface area contributed by atoms with Crippen LogP contribution < -0.4 is 4.72 Å². The molecule has 0 radical (unpaired) electrons. The lowest BCUT2D eigenvalue weighted by Gasteiger charge is -2.08. The number of nitrogens with one attached hydrogen (secondary N) is 1. The van der Waals surface area contributed by atoms with Gasteiger partial charge in [0.25, 0.3) is 15.9 Å². The number of rotatable bonds is 5. The third-order valence-corrected chi connectivity index (χ3v) is 5.57. The molecule has 0 fully saturated rings. The van der Waals surface area contributed by atoms with Crippen molar-refractivity contribution >= 4 is 31.6 Å². The third kappa shape index (κ3) is 3.79. The van der Waals surface area contributed by atoms with E-state index >= 15 is 0 Å². The summed E-state index contributed by atoms with van der Waals surface area (Å²) in [5.74, 6) is 0.961. The van der Waals surface area contributed by atoms with Crippen molar-refractivity contribution in [1.29, 1.82) is 0 Å². The van der Waals surface area contributed by atoms with E-state index in [-0.39, 0.29) is 16.7 Å². The van der Waals surface area contributed by atoms with Gasteiger partial charge in [-0.15, -0.1) is 10.2 Å². The van der Waals surface area contributed by atoms with Crippen LogP contribution in [-0.4, -0.2) is 18.6 Å². The number of nitrogens with zero attached hydrogens (tertiary/aromatic N) is 2. The fourth-order valence-electron chi connectivity index (χ4n) is 2.38. The first-order chi connectivity index (χ1) is 13.0. The van der Waals surface area contributed by atoms with E-state index < -0.39 is 10.0 Å². The zero-order valence-corrected chi connectivity index (χ0v) is 16.1. The maximum atomic E-state index is 12.5. The molecule has 2 heterocycles. The van der Waals surface area contributed by atoms with Crippen LogP contribution in [0.15, 0.2) is 85.1 Å². The van der Waals surface area contributed by atoms with Crippen molar-refractivity contribution in [3.8, 4) is 23.1 Å². The van der Waals surface area contributed by atoms with Crippen LogP contribution in [0.3, 0.4) is 0 Å². The maximum absolute atomic E-state index is 12.5. The lowest BCUT2D eigenvalue weighted by Crippen LogP contribution is -2.12. The largest absolute Gasteiger partial charge is 0.459 e. The van der Waals surface area contributed by atoms with E-state index in [2.05, 4.69) is 30.8 Å². The van der Waals surface area contributed by atoms with Crippen LogP contribution in [0.25, 0.3) is 23.1 Å². The second kappa shape index (κ2) is 7.01. The fourth-order valence-corrected chi connectivity index (χ4v) is 3.70. The molecule has 0 aliphatic heterocycles. The van der Waals surface area contributed by atoms with E-state index in [1.807, 2.05) is 0 Å². The minimum atomic E-state index is -3.71. The van der Waals surface area contributed by atoms with Gasteiger partial charge in [-0.1, -0.05) is 22.0 Å². The Balaban J connectivity index is 1.60. The van der Waals surface area contributed by atoms with Crippen LogP contribution in [-0.2, 0) is 10.0 Å². The van der Waals surface area contributed by atoms with Crippen LogP contribution in [0.2, 0.25) is 0 Å². The molecule has 9 heteroatoms. The van der Waals surface area contributed by atoms with Gasteiger partial charge in [-0.25, -0.2) is 8.42 Å². The molecule has 0 aliphatic rings. The molecule has 1 N–H and O–H groups in total. The van der Waals surface area contributed by atoms with Gasteiger partial charge in [0.1, 0.15) is 0 Å². The predicted octanol–water partition coefficient (Wildman–Crippen LogP) is 4.56. The summed E-state index contributed by atoms with van der Waals surface area (Å²) in [7, 11) is -3.71. The minimum Gasteiger partial charge on any atom is -0.459 e. The van der Waals surface area contributed by atoms with Gasteiger partial charge in [-0.2, -0.15) is 0 Å². The first-order valence-electron chi connectivity index (χ1n) is 7.77. The molecule has 0 saturated carbocycles. The van der Waals surface area contributed by atoms with Crippen molar-refractivity contribution in [2.45, 2.75) is 4.90 Å². The van der Waals surface area contributed by atoms with E-state index in [0.29, 0.717) is 17.0 Å². The average Bonchev–Trinajstić information content (AvgIpc) is 3.34. The van der Waals surface area contributed by atoms with E-state index in [4.69, 9.17) is 8.83 Å². The number of aromatic nitrogens is 2. The Morgan fingerprint density at radius 1 is 0.926 bits per heavy atom. The van der Waals surface area contributed by atoms with E-state index in [0.717, 1.165) is 4.47 Å². The molecular formula is C18H12BrN3O4S. The van der Waals surface area contributed by atoms with Crippen LogP contribution in [0.1, 0.15) is 0 Å². The Morgan fingerprint density at radius 2 is 1.70 bits per heavy atom. The van der Waals surface area contributed by atoms with Gasteiger partial charge in [0.2, 0.25) is 5.89 Å². The summed E-state index contributed by atoms with van der Waals surface area (Å²) in [6.45, 7) is 0. The van der Waals surface area contributed by atoms with Crippen molar-refractivity contribution < 1.29 is 17.3 Å². The molecule has 0 spiro atoms. The van der Waals surface area contributed by atoms with Gasteiger partial charge in [0.05, 0.1) is 11.2 Å². The summed E-state index contributed by atoms with van der Waals surface area (Å²) in [5.41, 5.74) is 0.962. The highest BCUT2D eigenvalue weighted by Crippen LogP contribution is 2.27. The lowest BCUT2D eigenvalue weighted by molar-refractivity contribution is 0.523. The molecule has 7 nitrogen and oxygen atoms in total. The second-order valence-corrected chi connectivity index (χ2v) is 8.13. The second-order valence-electron chi connectivity index (χ2n) is 5.53. The van der Waals surface area contributed by atoms with Crippen molar-refractivity contribution in [2.24, 2.45) is 0 Å². The summed E-state index contributed by atoms with van der Waals surface area (Å²) in [6.07, 6.45) is 1.51. The Morgan fingerprint density at radius 3 is 2.44 bits per heavy atom. The summed E-state index contributed by atoms with van der Waals surface area (Å²) < 4.78 is 39.2. The van der Waals surface area contributed by atoms with Gasteiger partial charge in [-0.05, 0) is 54.6 Å². The summed E-state index contributed by atoms with van der Waals surface area (Å²) >= 11 is 3.29. The Kier molecular flexibility index (Phi) is 4.54. The predicted molar refractivity (Wildman–Crippen MR) is 102 cm³/mol. The van der Waals surface area contributed by atoms with Gasteiger partial charge in [0.15, 0.2) is 5.76 Å². The van der Waals surface area contributed by atoms with Crippen molar-refractivity contribution in [1.82, 2.24) is 10.2 Å². The number of hydrogen-bond acceptors (Lipinski definition) is 6. The zero-order chi connectivity index (χ0) is 18.9. The molecule has 0 saturated heterocycles.